The van der Waals surface area contributed by atoms with E-state index in [0.717, 1.165) is 24.2 Å². The molecule has 1 aromatic heterocycles. The molecule has 0 saturated carbocycles. The second-order valence-corrected chi connectivity index (χ2v) is 5.06. The molecule has 0 radical (unpaired) electrons. The van der Waals surface area contributed by atoms with Gasteiger partial charge in [-0.15, -0.1) is 0 Å². The van der Waals surface area contributed by atoms with Gasteiger partial charge >= 0.3 is 0 Å². The Labute approximate surface area is 112 Å². The van der Waals surface area contributed by atoms with Crippen LogP contribution in [0, 0.1) is 0 Å². The van der Waals surface area contributed by atoms with Crippen LogP contribution in [0.15, 0.2) is 41.1 Å². The van der Waals surface area contributed by atoms with Crippen LogP contribution in [-0.4, -0.2) is 6.61 Å². The summed E-state index contributed by atoms with van der Waals surface area (Å²) < 4.78 is 5.86. The highest BCUT2D eigenvalue weighted by Crippen LogP contribution is 2.25. The summed E-state index contributed by atoms with van der Waals surface area (Å²) >= 11 is 1.72. The zero-order valence-electron chi connectivity index (χ0n) is 10.6. The van der Waals surface area contributed by atoms with Gasteiger partial charge in [0.1, 0.15) is 5.75 Å². The fourth-order valence-electron chi connectivity index (χ4n) is 1.85. The summed E-state index contributed by atoms with van der Waals surface area (Å²) in [5.74, 6) is 0.919. The zero-order valence-corrected chi connectivity index (χ0v) is 11.5. The molecule has 0 aliphatic heterocycles. The molecule has 0 spiro atoms. The van der Waals surface area contributed by atoms with Crippen LogP contribution in [0.1, 0.15) is 30.5 Å². The number of benzene rings is 1. The number of hydrogen-bond donors (Lipinski definition) is 1. The Bertz CT molecular complexity index is 467. The first kappa shape index (κ1) is 13.1. The lowest BCUT2D eigenvalue weighted by Crippen LogP contribution is -2.11. The third-order valence-corrected chi connectivity index (χ3v) is 3.72. The lowest BCUT2D eigenvalue weighted by Gasteiger charge is -2.15. The summed E-state index contributed by atoms with van der Waals surface area (Å²) in [4.78, 5) is 0. The molecule has 0 unspecified atom stereocenters. The molecule has 3 heteroatoms. The van der Waals surface area contributed by atoms with Gasteiger partial charge in [0.15, 0.2) is 0 Å². The number of para-hydroxylation sites is 1. The van der Waals surface area contributed by atoms with Crippen molar-refractivity contribution in [2.75, 3.05) is 6.61 Å². The maximum atomic E-state index is 6.08. The summed E-state index contributed by atoms with van der Waals surface area (Å²) in [5.41, 5.74) is 8.52. The molecule has 1 heterocycles. The van der Waals surface area contributed by atoms with E-state index in [-0.39, 0.29) is 6.04 Å². The quantitative estimate of drug-likeness (QED) is 0.859. The molecule has 0 aliphatic carbocycles. The van der Waals surface area contributed by atoms with E-state index >= 15 is 0 Å². The van der Waals surface area contributed by atoms with Crippen LogP contribution in [-0.2, 0) is 6.42 Å². The Hall–Kier alpha value is -1.32. The van der Waals surface area contributed by atoms with E-state index in [0.29, 0.717) is 6.61 Å². The minimum Gasteiger partial charge on any atom is -0.493 e. The highest BCUT2D eigenvalue weighted by atomic mass is 32.1. The van der Waals surface area contributed by atoms with Crippen molar-refractivity contribution in [3.63, 3.8) is 0 Å². The van der Waals surface area contributed by atoms with E-state index in [9.17, 15) is 0 Å². The number of rotatable bonds is 6. The Balaban J connectivity index is 1.96. The Morgan fingerprint density at radius 3 is 2.83 bits per heavy atom. The molecule has 2 rings (SSSR count). The molecule has 2 N–H and O–H groups in total. The van der Waals surface area contributed by atoms with Crippen molar-refractivity contribution in [1.29, 1.82) is 0 Å². The first-order valence-corrected chi connectivity index (χ1v) is 7.24. The van der Waals surface area contributed by atoms with Gasteiger partial charge in [-0.25, -0.2) is 0 Å². The van der Waals surface area contributed by atoms with E-state index in [1.54, 1.807) is 11.3 Å². The Morgan fingerprint density at radius 2 is 2.11 bits per heavy atom. The fourth-order valence-corrected chi connectivity index (χ4v) is 2.56. The van der Waals surface area contributed by atoms with Gasteiger partial charge in [0.25, 0.3) is 0 Å². The largest absolute Gasteiger partial charge is 0.493 e. The van der Waals surface area contributed by atoms with Crippen molar-refractivity contribution in [2.45, 2.75) is 25.8 Å². The predicted molar refractivity (Wildman–Crippen MR) is 77.2 cm³/mol. The van der Waals surface area contributed by atoms with Crippen molar-refractivity contribution in [1.82, 2.24) is 0 Å². The molecule has 0 bridgehead atoms. The van der Waals surface area contributed by atoms with Gasteiger partial charge in [-0.05, 0) is 34.9 Å². The van der Waals surface area contributed by atoms with E-state index in [2.05, 4.69) is 23.8 Å². The molecule has 2 nitrogen and oxygen atoms in total. The fraction of sp³-hybridized carbons (Fsp3) is 0.333. The van der Waals surface area contributed by atoms with Crippen LogP contribution in [0.3, 0.4) is 0 Å². The molecule has 2 aromatic rings. The summed E-state index contributed by atoms with van der Waals surface area (Å²) in [6.45, 7) is 2.79. The Kier molecular flexibility index (Phi) is 4.79. The Morgan fingerprint density at radius 1 is 1.28 bits per heavy atom. The molecule has 96 valence electrons. The van der Waals surface area contributed by atoms with Crippen molar-refractivity contribution in [3.05, 3.63) is 52.2 Å². The first-order chi connectivity index (χ1) is 8.81. The van der Waals surface area contributed by atoms with Crippen LogP contribution in [0.4, 0.5) is 0 Å². The second-order valence-electron chi connectivity index (χ2n) is 4.28. The van der Waals surface area contributed by atoms with Gasteiger partial charge in [0.05, 0.1) is 6.61 Å². The zero-order chi connectivity index (χ0) is 12.8. The highest BCUT2D eigenvalue weighted by molar-refractivity contribution is 7.07. The van der Waals surface area contributed by atoms with E-state index in [1.807, 2.05) is 24.3 Å². The minimum atomic E-state index is 0.0577. The summed E-state index contributed by atoms with van der Waals surface area (Å²) in [5, 5.41) is 4.25. The number of nitrogens with two attached hydrogens (primary N) is 1. The molecule has 0 fully saturated rings. The van der Waals surface area contributed by atoms with E-state index in [4.69, 9.17) is 10.5 Å². The molecular weight excluding hydrogens is 242 g/mol. The second kappa shape index (κ2) is 6.57. The number of ether oxygens (including phenoxy) is 1. The number of hydrogen-bond acceptors (Lipinski definition) is 3. The number of thiophene rings is 1. The molecular formula is C15H19NOS. The summed E-state index contributed by atoms with van der Waals surface area (Å²) in [7, 11) is 0. The highest BCUT2D eigenvalue weighted by Gasteiger charge is 2.09. The molecule has 0 saturated heterocycles. The van der Waals surface area contributed by atoms with Crippen molar-refractivity contribution in [2.24, 2.45) is 5.73 Å². The lowest BCUT2D eigenvalue weighted by atomic mass is 10.0. The topological polar surface area (TPSA) is 35.2 Å². The molecule has 0 amide bonds. The lowest BCUT2D eigenvalue weighted by molar-refractivity contribution is 0.316. The van der Waals surface area contributed by atoms with Crippen LogP contribution in [0.2, 0.25) is 0 Å². The van der Waals surface area contributed by atoms with Crippen LogP contribution >= 0.6 is 11.3 Å². The normalized spacial score (nSPS) is 12.3. The maximum Gasteiger partial charge on any atom is 0.124 e. The van der Waals surface area contributed by atoms with Gasteiger partial charge in [0, 0.05) is 18.0 Å². The molecule has 1 aromatic carbocycles. The van der Waals surface area contributed by atoms with Crippen molar-refractivity contribution >= 4 is 11.3 Å². The van der Waals surface area contributed by atoms with E-state index in [1.165, 1.54) is 5.56 Å². The van der Waals surface area contributed by atoms with Gasteiger partial charge in [0.2, 0.25) is 0 Å². The average Bonchev–Trinajstić information content (AvgIpc) is 2.92. The first-order valence-electron chi connectivity index (χ1n) is 6.29. The maximum absolute atomic E-state index is 6.08. The van der Waals surface area contributed by atoms with Crippen LogP contribution in [0.25, 0.3) is 0 Å². The van der Waals surface area contributed by atoms with Crippen molar-refractivity contribution < 1.29 is 4.74 Å². The molecule has 0 aliphatic rings. The van der Waals surface area contributed by atoms with Gasteiger partial charge < -0.3 is 10.5 Å². The van der Waals surface area contributed by atoms with E-state index < -0.39 is 0 Å². The van der Waals surface area contributed by atoms with Crippen molar-refractivity contribution in [3.8, 4) is 5.75 Å². The smallest absolute Gasteiger partial charge is 0.124 e. The molecule has 18 heavy (non-hydrogen) atoms. The third kappa shape index (κ3) is 3.34. The third-order valence-electron chi connectivity index (χ3n) is 2.99. The molecule has 1 atom stereocenters. The van der Waals surface area contributed by atoms with Gasteiger partial charge in [-0.1, -0.05) is 25.1 Å². The standard InChI is InChI=1S/C15H19NOS/c1-2-14(16)13-5-3-4-6-15(13)17-9-7-12-8-10-18-11-12/h3-6,8,10-11,14H,2,7,9,16H2,1H3/t14-/m1/s1. The predicted octanol–water partition coefficient (Wildman–Crippen LogP) is 3.78. The SMILES string of the molecule is CC[C@@H](N)c1ccccc1OCCc1ccsc1. The summed E-state index contributed by atoms with van der Waals surface area (Å²) in [6, 6.07) is 10.2. The minimum absolute atomic E-state index is 0.0577. The van der Waals surface area contributed by atoms with Gasteiger partial charge in [-0.3, -0.25) is 0 Å². The summed E-state index contributed by atoms with van der Waals surface area (Å²) in [6.07, 6.45) is 1.87. The monoisotopic (exact) mass is 261 g/mol. The van der Waals surface area contributed by atoms with Crippen LogP contribution in [0.5, 0.6) is 5.75 Å². The van der Waals surface area contributed by atoms with Crippen LogP contribution < -0.4 is 10.5 Å². The van der Waals surface area contributed by atoms with Gasteiger partial charge in [-0.2, -0.15) is 11.3 Å². The average molecular weight is 261 g/mol.